The zero-order valence-electron chi connectivity index (χ0n) is 16.0. The Morgan fingerprint density at radius 2 is 1.83 bits per heavy atom. The minimum Gasteiger partial charge on any atom is -0.436 e. The van der Waals surface area contributed by atoms with Crippen LogP contribution in [0.5, 0.6) is 11.6 Å². The summed E-state index contributed by atoms with van der Waals surface area (Å²) in [5, 5.41) is 20.1. The third kappa shape index (κ3) is 2.85. The van der Waals surface area contributed by atoms with Crippen LogP contribution in [-0.2, 0) is 0 Å². The molecule has 30 heavy (non-hydrogen) atoms. The molecule has 0 aliphatic heterocycles. The third-order valence-corrected chi connectivity index (χ3v) is 5.42. The molecule has 1 aliphatic carbocycles. The number of nitriles is 2. The van der Waals surface area contributed by atoms with Gasteiger partial charge in [-0.25, -0.2) is 9.97 Å². The van der Waals surface area contributed by atoms with Crippen molar-refractivity contribution >= 4 is 10.9 Å². The van der Waals surface area contributed by atoms with Gasteiger partial charge < -0.3 is 9.30 Å². The van der Waals surface area contributed by atoms with Crippen molar-refractivity contribution in [3.8, 4) is 35.2 Å². The highest BCUT2D eigenvalue weighted by molar-refractivity contribution is 5.95. The van der Waals surface area contributed by atoms with Crippen LogP contribution in [0.1, 0.15) is 36.6 Å². The normalized spacial score (nSPS) is 13.4. The van der Waals surface area contributed by atoms with E-state index in [1.807, 2.05) is 36.4 Å². The van der Waals surface area contributed by atoms with Crippen molar-refractivity contribution in [3.63, 3.8) is 0 Å². The van der Waals surface area contributed by atoms with Gasteiger partial charge in [0.05, 0.1) is 22.5 Å². The highest BCUT2D eigenvalue weighted by atomic mass is 16.5. The van der Waals surface area contributed by atoms with Crippen molar-refractivity contribution in [2.24, 2.45) is 0 Å². The van der Waals surface area contributed by atoms with Crippen molar-refractivity contribution in [1.82, 2.24) is 19.5 Å². The van der Waals surface area contributed by atoms with E-state index in [0.717, 1.165) is 41.6 Å². The molecule has 1 aromatic carbocycles. The first-order chi connectivity index (χ1) is 14.8. The highest BCUT2D eigenvalue weighted by Gasteiger charge is 2.28. The summed E-state index contributed by atoms with van der Waals surface area (Å²) in [4.78, 5) is 12.6. The molecular formula is C23H16N6O. The van der Waals surface area contributed by atoms with E-state index in [1.54, 1.807) is 12.3 Å². The van der Waals surface area contributed by atoms with Crippen molar-refractivity contribution in [2.75, 3.05) is 0 Å². The molecule has 1 aliphatic rings. The van der Waals surface area contributed by atoms with Gasteiger partial charge in [0.25, 0.3) is 5.88 Å². The molecule has 0 saturated heterocycles. The number of pyridine rings is 1. The maximum atomic E-state index is 9.96. The topological polar surface area (TPSA) is 100 Å². The van der Waals surface area contributed by atoms with E-state index in [9.17, 15) is 10.5 Å². The molecule has 3 aromatic heterocycles. The van der Waals surface area contributed by atoms with Crippen LogP contribution in [0.3, 0.4) is 0 Å². The second-order valence-corrected chi connectivity index (χ2v) is 7.11. The fraction of sp³-hybridized carbons (Fsp3) is 0.174. The Morgan fingerprint density at radius 1 is 0.967 bits per heavy atom. The number of nitrogens with zero attached hydrogens (tertiary/aromatic N) is 6. The number of ether oxygens (including phenoxy) is 1. The molecule has 0 amide bonds. The number of benzene rings is 1. The number of hydrogen-bond donors (Lipinski definition) is 0. The van der Waals surface area contributed by atoms with Gasteiger partial charge in [-0.2, -0.15) is 10.5 Å². The molecule has 0 bridgehead atoms. The molecule has 0 atom stereocenters. The summed E-state index contributed by atoms with van der Waals surface area (Å²) in [6, 6.07) is 16.0. The molecule has 1 fully saturated rings. The SMILES string of the molecule is N#Cc1nccnc1Oc1ccc2c(C#N)c(-c3ccccn3)n(C3CCC3)c2c1. The Balaban J connectivity index is 1.70. The smallest absolute Gasteiger partial charge is 0.256 e. The van der Waals surface area contributed by atoms with E-state index in [2.05, 4.69) is 25.6 Å². The zero-order chi connectivity index (χ0) is 20.5. The average Bonchev–Trinajstić information content (AvgIpc) is 3.07. The summed E-state index contributed by atoms with van der Waals surface area (Å²) in [7, 11) is 0. The quantitative estimate of drug-likeness (QED) is 0.497. The molecule has 7 nitrogen and oxygen atoms in total. The molecular weight excluding hydrogens is 376 g/mol. The van der Waals surface area contributed by atoms with E-state index in [-0.39, 0.29) is 11.6 Å². The summed E-state index contributed by atoms with van der Waals surface area (Å²) in [6.07, 6.45) is 7.96. The van der Waals surface area contributed by atoms with Gasteiger partial charge in [-0.3, -0.25) is 4.98 Å². The minimum absolute atomic E-state index is 0.124. The Hall–Kier alpha value is -4.23. The predicted molar refractivity (Wildman–Crippen MR) is 110 cm³/mol. The molecule has 0 radical (unpaired) electrons. The van der Waals surface area contributed by atoms with E-state index < -0.39 is 0 Å². The van der Waals surface area contributed by atoms with Gasteiger partial charge in [-0.1, -0.05) is 6.07 Å². The highest BCUT2D eigenvalue weighted by Crippen LogP contribution is 2.43. The molecule has 4 aromatic rings. The monoisotopic (exact) mass is 392 g/mol. The van der Waals surface area contributed by atoms with Crippen LogP contribution in [0, 0.1) is 22.7 Å². The van der Waals surface area contributed by atoms with Gasteiger partial charge in [-0.15, -0.1) is 0 Å². The second kappa shape index (κ2) is 7.31. The molecule has 7 heteroatoms. The molecule has 0 spiro atoms. The van der Waals surface area contributed by atoms with Crippen molar-refractivity contribution in [3.05, 3.63) is 66.2 Å². The van der Waals surface area contributed by atoms with Gasteiger partial charge >= 0.3 is 0 Å². The first-order valence-electron chi connectivity index (χ1n) is 9.68. The van der Waals surface area contributed by atoms with Gasteiger partial charge in [0, 0.05) is 36.1 Å². The Bertz CT molecular complexity index is 1330. The molecule has 0 N–H and O–H groups in total. The third-order valence-electron chi connectivity index (χ3n) is 5.42. The summed E-state index contributed by atoms with van der Waals surface area (Å²) < 4.78 is 8.09. The number of hydrogen-bond acceptors (Lipinski definition) is 6. The van der Waals surface area contributed by atoms with Crippen LogP contribution in [0.25, 0.3) is 22.3 Å². The van der Waals surface area contributed by atoms with E-state index >= 15 is 0 Å². The number of rotatable bonds is 4. The van der Waals surface area contributed by atoms with Crippen LogP contribution >= 0.6 is 0 Å². The molecule has 0 unspecified atom stereocenters. The first kappa shape index (κ1) is 17.8. The van der Waals surface area contributed by atoms with Crippen LogP contribution in [-0.4, -0.2) is 19.5 Å². The van der Waals surface area contributed by atoms with Crippen molar-refractivity contribution in [2.45, 2.75) is 25.3 Å². The molecule has 3 heterocycles. The Kier molecular flexibility index (Phi) is 4.34. The molecule has 5 rings (SSSR count). The fourth-order valence-corrected chi connectivity index (χ4v) is 3.83. The Labute approximate surface area is 172 Å². The second-order valence-electron chi connectivity index (χ2n) is 7.11. The largest absolute Gasteiger partial charge is 0.436 e. The van der Waals surface area contributed by atoms with E-state index in [0.29, 0.717) is 17.4 Å². The van der Waals surface area contributed by atoms with E-state index in [1.165, 1.54) is 12.4 Å². The lowest BCUT2D eigenvalue weighted by atomic mass is 9.92. The van der Waals surface area contributed by atoms with Gasteiger partial charge in [-0.05, 0) is 43.5 Å². The maximum absolute atomic E-state index is 9.96. The lowest BCUT2D eigenvalue weighted by Gasteiger charge is -2.30. The van der Waals surface area contributed by atoms with Gasteiger partial charge in [0.1, 0.15) is 17.9 Å². The fourth-order valence-electron chi connectivity index (χ4n) is 3.83. The average molecular weight is 392 g/mol. The summed E-state index contributed by atoms with van der Waals surface area (Å²) in [6.45, 7) is 0. The summed E-state index contributed by atoms with van der Waals surface area (Å²) in [5.41, 5.74) is 3.27. The van der Waals surface area contributed by atoms with E-state index in [4.69, 9.17) is 4.74 Å². The van der Waals surface area contributed by atoms with Crippen molar-refractivity contribution < 1.29 is 4.74 Å². The molecule has 144 valence electrons. The number of fused-ring (bicyclic) bond motifs is 1. The van der Waals surface area contributed by atoms with Crippen LogP contribution in [0.15, 0.2) is 55.0 Å². The maximum Gasteiger partial charge on any atom is 0.256 e. The Morgan fingerprint density at radius 3 is 2.53 bits per heavy atom. The minimum atomic E-state index is 0.124. The summed E-state index contributed by atoms with van der Waals surface area (Å²) >= 11 is 0. The lowest BCUT2D eigenvalue weighted by molar-refractivity contribution is 0.323. The lowest BCUT2D eigenvalue weighted by Crippen LogP contribution is -2.18. The van der Waals surface area contributed by atoms with Gasteiger partial charge in [0.2, 0.25) is 5.69 Å². The van der Waals surface area contributed by atoms with Gasteiger partial charge in [0.15, 0.2) is 0 Å². The van der Waals surface area contributed by atoms with Crippen LogP contribution in [0.2, 0.25) is 0 Å². The molecule has 1 saturated carbocycles. The summed E-state index contributed by atoms with van der Waals surface area (Å²) in [5.74, 6) is 0.696. The first-order valence-corrected chi connectivity index (χ1v) is 9.68. The standard InChI is InChI=1S/C23H16N6O/c24-13-18-17-8-7-16(30-23-20(14-25)27-10-11-28-23)12-21(17)29(15-4-3-5-15)22(18)19-6-1-2-9-26-19/h1-2,6-12,15H,3-5H2. The van der Waals surface area contributed by atoms with Crippen LogP contribution in [0.4, 0.5) is 0 Å². The van der Waals surface area contributed by atoms with Crippen molar-refractivity contribution in [1.29, 1.82) is 10.5 Å². The van der Waals surface area contributed by atoms with Crippen LogP contribution < -0.4 is 4.74 Å². The number of aromatic nitrogens is 4. The zero-order valence-corrected chi connectivity index (χ0v) is 16.0. The predicted octanol–water partition coefficient (Wildman–Crippen LogP) is 4.75.